The molecule has 1 saturated heterocycles. The van der Waals surface area contributed by atoms with Crippen LogP contribution >= 0.6 is 8.38 Å². The number of hydrogen-bond donors (Lipinski definition) is 4. The van der Waals surface area contributed by atoms with Crippen LogP contribution in [-0.4, -0.2) is 64.2 Å². The van der Waals surface area contributed by atoms with Gasteiger partial charge in [-0.15, -0.1) is 0 Å². The number of benzene rings is 1. The topological polar surface area (TPSA) is 109 Å². The van der Waals surface area contributed by atoms with E-state index in [1.807, 2.05) is 6.07 Å². The Balaban J connectivity index is 2.00. The quantitative estimate of drug-likeness (QED) is 0.552. The fraction of sp³-hybridized carbons (Fsp3) is 0.571. The maximum Gasteiger partial charge on any atom is 0.229 e. The first-order valence-corrected chi connectivity index (χ1v) is 8.34. The van der Waals surface area contributed by atoms with Crippen molar-refractivity contribution in [3.8, 4) is 5.75 Å². The number of aliphatic hydroxyl groups is 3. The predicted octanol–water partition coefficient (Wildman–Crippen LogP) is 0.214. The van der Waals surface area contributed by atoms with Crippen LogP contribution in [0.3, 0.4) is 0 Å². The third kappa shape index (κ3) is 4.36. The van der Waals surface area contributed by atoms with Crippen molar-refractivity contribution in [2.75, 3.05) is 13.3 Å². The molecule has 1 aliphatic heterocycles. The van der Waals surface area contributed by atoms with Crippen LogP contribution in [0, 0.1) is 0 Å². The van der Waals surface area contributed by atoms with Gasteiger partial charge < -0.3 is 34.2 Å². The Morgan fingerprint density at radius 3 is 2.41 bits per heavy atom. The second kappa shape index (κ2) is 8.17. The van der Waals surface area contributed by atoms with Gasteiger partial charge >= 0.3 is 0 Å². The van der Waals surface area contributed by atoms with E-state index in [0.717, 1.165) is 0 Å². The molecule has 0 spiro atoms. The molecular formula is C14H21O7P. The second-order valence-corrected chi connectivity index (χ2v) is 6.51. The van der Waals surface area contributed by atoms with Crippen LogP contribution in [0.25, 0.3) is 0 Å². The van der Waals surface area contributed by atoms with Gasteiger partial charge in [0.2, 0.25) is 6.29 Å². The molecule has 8 heteroatoms. The third-order valence-corrected chi connectivity index (χ3v) is 4.54. The van der Waals surface area contributed by atoms with Crippen molar-refractivity contribution in [2.24, 2.45) is 0 Å². The lowest BCUT2D eigenvalue weighted by Gasteiger charge is -2.40. The van der Waals surface area contributed by atoms with E-state index >= 15 is 0 Å². The summed E-state index contributed by atoms with van der Waals surface area (Å²) in [5, 5.41) is 29.9. The molecule has 0 bridgehead atoms. The number of para-hydroxylation sites is 1. The van der Waals surface area contributed by atoms with Crippen LogP contribution < -0.4 is 4.74 Å². The molecule has 1 aliphatic rings. The van der Waals surface area contributed by atoms with E-state index in [4.69, 9.17) is 14.0 Å². The van der Waals surface area contributed by atoms with Gasteiger partial charge in [0.15, 0.2) is 8.38 Å². The zero-order chi connectivity index (χ0) is 16.1. The number of aliphatic hydroxyl groups excluding tert-OH is 3. The molecule has 22 heavy (non-hydrogen) atoms. The van der Waals surface area contributed by atoms with Gasteiger partial charge in [-0.1, -0.05) is 18.2 Å². The summed E-state index contributed by atoms with van der Waals surface area (Å²) in [4.78, 5) is 9.46. The van der Waals surface area contributed by atoms with Crippen molar-refractivity contribution in [2.45, 2.75) is 37.1 Å². The minimum absolute atomic E-state index is 0.273. The van der Waals surface area contributed by atoms with Crippen molar-refractivity contribution < 1.29 is 34.2 Å². The van der Waals surface area contributed by atoms with Crippen LogP contribution in [0.1, 0.15) is 6.42 Å². The molecule has 0 saturated carbocycles. The molecule has 4 unspecified atom stereocenters. The van der Waals surface area contributed by atoms with Gasteiger partial charge in [-0.25, -0.2) is 0 Å². The Morgan fingerprint density at radius 2 is 1.77 bits per heavy atom. The van der Waals surface area contributed by atoms with Crippen molar-refractivity contribution in [3.63, 3.8) is 0 Å². The summed E-state index contributed by atoms with van der Waals surface area (Å²) in [6, 6.07) is 8.75. The standard InChI is InChI=1S/C14H21O7P/c1-19-22(18)8-7-10-11(15)12(16)13(17)14(21-10)20-9-5-3-2-4-6-9/h2-6,10-18H,7-8H2,1H3/t10?,11-,12?,13?,14+,22?/m1/s1. The van der Waals surface area contributed by atoms with Gasteiger partial charge in [0, 0.05) is 13.3 Å². The van der Waals surface area contributed by atoms with Gasteiger partial charge in [-0.2, -0.15) is 0 Å². The highest BCUT2D eigenvalue weighted by atomic mass is 31.2. The summed E-state index contributed by atoms with van der Waals surface area (Å²) in [6.45, 7) is 0. The van der Waals surface area contributed by atoms with Crippen LogP contribution in [0.15, 0.2) is 30.3 Å². The first-order valence-electron chi connectivity index (χ1n) is 6.95. The minimum Gasteiger partial charge on any atom is -0.462 e. The lowest BCUT2D eigenvalue weighted by Crippen LogP contribution is -2.59. The molecular weight excluding hydrogens is 311 g/mol. The van der Waals surface area contributed by atoms with Crippen LogP contribution in [0.2, 0.25) is 0 Å². The normalized spacial score (nSPS) is 33.4. The molecule has 7 nitrogen and oxygen atoms in total. The highest BCUT2D eigenvalue weighted by Crippen LogP contribution is 2.33. The van der Waals surface area contributed by atoms with Crippen LogP contribution in [-0.2, 0) is 9.26 Å². The molecule has 4 N–H and O–H groups in total. The Bertz CT molecular complexity index is 446. The molecule has 2 rings (SSSR count). The number of rotatable bonds is 6. The highest BCUT2D eigenvalue weighted by molar-refractivity contribution is 7.46. The summed E-state index contributed by atoms with van der Waals surface area (Å²) in [5.74, 6) is 0.482. The van der Waals surface area contributed by atoms with E-state index in [1.54, 1.807) is 24.3 Å². The van der Waals surface area contributed by atoms with Gasteiger partial charge in [-0.05, 0) is 18.6 Å². The van der Waals surface area contributed by atoms with Crippen molar-refractivity contribution in [3.05, 3.63) is 30.3 Å². The molecule has 0 radical (unpaired) electrons. The predicted molar refractivity (Wildman–Crippen MR) is 79.4 cm³/mol. The van der Waals surface area contributed by atoms with Crippen molar-refractivity contribution in [1.29, 1.82) is 0 Å². The van der Waals surface area contributed by atoms with E-state index in [9.17, 15) is 20.2 Å². The average Bonchev–Trinajstić information content (AvgIpc) is 2.54. The first kappa shape index (κ1) is 17.6. The largest absolute Gasteiger partial charge is 0.462 e. The molecule has 0 amide bonds. The van der Waals surface area contributed by atoms with Crippen molar-refractivity contribution in [1.82, 2.24) is 0 Å². The van der Waals surface area contributed by atoms with Gasteiger partial charge in [0.05, 0.1) is 6.10 Å². The van der Waals surface area contributed by atoms with E-state index in [-0.39, 0.29) is 12.6 Å². The molecule has 0 aliphatic carbocycles. The molecule has 1 heterocycles. The lowest BCUT2D eigenvalue weighted by atomic mass is 9.97. The molecule has 6 atom stereocenters. The molecule has 124 valence electrons. The SMILES string of the molecule is COP(O)CCC1O[C@H](Oc2ccccc2)C(O)C(O)[C@@H]1O. The fourth-order valence-electron chi connectivity index (χ4n) is 2.21. The van der Waals surface area contributed by atoms with E-state index in [0.29, 0.717) is 5.75 Å². The molecule has 1 aromatic rings. The van der Waals surface area contributed by atoms with E-state index < -0.39 is 39.1 Å². The summed E-state index contributed by atoms with van der Waals surface area (Å²) in [6.07, 6.45) is -5.32. The van der Waals surface area contributed by atoms with E-state index in [1.165, 1.54) is 7.11 Å². The summed E-state index contributed by atoms with van der Waals surface area (Å²) in [5.41, 5.74) is 0. The molecule has 1 fully saturated rings. The first-order chi connectivity index (χ1) is 10.5. The zero-order valence-corrected chi connectivity index (χ0v) is 13.0. The van der Waals surface area contributed by atoms with Crippen LogP contribution in [0.5, 0.6) is 5.75 Å². The minimum atomic E-state index is -1.59. The Labute approximate surface area is 130 Å². The fourth-order valence-corrected chi connectivity index (χ4v) is 2.87. The number of ether oxygens (including phenoxy) is 2. The lowest BCUT2D eigenvalue weighted by molar-refractivity contribution is -0.272. The Hall–Kier alpha value is -0.790. The summed E-state index contributed by atoms with van der Waals surface area (Å²) in [7, 11) is -0.193. The maximum atomic E-state index is 9.98. The van der Waals surface area contributed by atoms with E-state index in [2.05, 4.69) is 0 Å². The Kier molecular flexibility index (Phi) is 6.52. The van der Waals surface area contributed by atoms with Gasteiger partial charge in [0.1, 0.15) is 24.1 Å². The number of hydrogen-bond acceptors (Lipinski definition) is 7. The Morgan fingerprint density at radius 1 is 1.09 bits per heavy atom. The second-order valence-electron chi connectivity index (χ2n) is 4.99. The summed E-state index contributed by atoms with van der Waals surface area (Å²) < 4.78 is 15.8. The maximum absolute atomic E-state index is 9.98. The monoisotopic (exact) mass is 332 g/mol. The third-order valence-electron chi connectivity index (χ3n) is 3.48. The average molecular weight is 332 g/mol. The van der Waals surface area contributed by atoms with Gasteiger partial charge in [0.25, 0.3) is 0 Å². The highest BCUT2D eigenvalue weighted by Gasteiger charge is 2.44. The summed E-state index contributed by atoms with van der Waals surface area (Å²) >= 11 is 0. The molecule has 1 aromatic carbocycles. The smallest absolute Gasteiger partial charge is 0.229 e. The molecule has 0 aromatic heterocycles. The zero-order valence-electron chi connectivity index (χ0n) is 12.1. The van der Waals surface area contributed by atoms with Crippen LogP contribution in [0.4, 0.5) is 0 Å². The van der Waals surface area contributed by atoms with Crippen molar-refractivity contribution >= 4 is 8.38 Å². The van der Waals surface area contributed by atoms with Gasteiger partial charge in [-0.3, -0.25) is 0 Å².